The molecule has 0 aliphatic rings. The molecule has 8 heavy (non-hydrogen) atoms. The molecule has 0 aliphatic carbocycles. The third-order valence-electron chi connectivity index (χ3n) is 0.308. The van der Waals surface area contributed by atoms with Crippen LogP contribution in [0.25, 0.3) is 0 Å². The second kappa shape index (κ2) is 4.52. The van der Waals surface area contributed by atoms with Crippen LogP contribution in [0.1, 0.15) is 8.35 Å². The minimum absolute atomic E-state index is 0. The first-order valence-electron chi connectivity index (χ1n) is 1.66. The maximum absolute atomic E-state index is 9.70. The second-order valence-electron chi connectivity index (χ2n) is 0.984. The summed E-state index contributed by atoms with van der Waals surface area (Å²) in [4.78, 5) is 0. The maximum atomic E-state index is 9.70. The molecule has 0 aromatic heterocycles. The molecule has 0 bridgehead atoms. The minimum Gasteiger partial charge on any atom is -1.00 e. The molecule has 44 valence electrons. The van der Waals surface area contributed by atoms with Crippen LogP contribution < -0.4 is 29.6 Å². The maximum Gasteiger partial charge on any atom is 1.00 e. The molecule has 0 fully saturated rings. The van der Waals surface area contributed by atoms with Crippen molar-refractivity contribution in [3.63, 3.8) is 0 Å². The summed E-state index contributed by atoms with van der Waals surface area (Å²) in [6, 6.07) is 0. The Hall–Kier alpha value is 0.650. The minimum atomic E-state index is -3.85. The topological polar surface area (TPSA) is 54.4 Å². The first kappa shape index (κ1) is 11.4. The van der Waals surface area contributed by atoms with Crippen molar-refractivity contribution in [3.05, 3.63) is 11.5 Å². The van der Waals surface area contributed by atoms with E-state index in [9.17, 15) is 8.42 Å². The summed E-state index contributed by atoms with van der Waals surface area (Å²) in [7, 11) is -3.85. The van der Waals surface area contributed by atoms with Crippen LogP contribution in [-0.4, -0.2) is 13.0 Å². The van der Waals surface area contributed by atoms with Gasteiger partial charge in [0.05, 0.1) is 5.41 Å². The van der Waals surface area contributed by atoms with Crippen LogP contribution >= 0.6 is 0 Å². The summed E-state index contributed by atoms with van der Waals surface area (Å²) in [6.45, 7) is 1.51. The van der Waals surface area contributed by atoms with Gasteiger partial charge in [0.2, 0.25) is 0 Å². The Kier molecular flexibility index (Phi) is 6.47. The molecule has 0 saturated carbocycles. The van der Waals surface area contributed by atoms with Gasteiger partial charge in [-0.1, -0.05) is 6.08 Å². The van der Waals surface area contributed by atoms with Gasteiger partial charge in [0.25, 0.3) is 10.1 Å². The quantitative estimate of drug-likeness (QED) is 0.329. The first-order valence-corrected chi connectivity index (χ1v) is 3.17. The van der Waals surface area contributed by atoms with E-state index in [1.807, 2.05) is 0 Å². The molecule has 1 N–H and O–H groups in total. The monoisotopic (exact) mass is 146 g/mol. The molecule has 0 saturated heterocycles. The van der Waals surface area contributed by atoms with Gasteiger partial charge in [-0.05, 0) is 6.92 Å². The largest absolute Gasteiger partial charge is 1.00 e. The fourth-order valence-electron chi connectivity index (χ4n) is 0.172. The summed E-state index contributed by atoms with van der Waals surface area (Å²) in [5.41, 5.74) is 0. The Morgan fingerprint density at radius 3 is 2.00 bits per heavy atom. The van der Waals surface area contributed by atoms with E-state index in [-0.39, 0.29) is 31.0 Å². The van der Waals surface area contributed by atoms with E-state index in [1.165, 1.54) is 13.0 Å². The van der Waals surface area contributed by atoms with Crippen LogP contribution in [0.4, 0.5) is 0 Å². The van der Waals surface area contributed by atoms with Crippen molar-refractivity contribution < 1.29 is 44.0 Å². The van der Waals surface area contributed by atoms with Gasteiger partial charge in [-0.25, -0.2) is 0 Å². The molecule has 0 spiro atoms. The van der Waals surface area contributed by atoms with Crippen LogP contribution in [-0.2, 0) is 10.1 Å². The molecule has 0 radical (unpaired) electrons. The van der Waals surface area contributed by atoms with Gasteiger partial charge in [0.1, 0.15) is 0 Å². The molecule has 0 heterocycles. The van der Waals surface area contributed by atoms with Crippen molar-refractivity contribution in [1.29, 1.82) is 0 Å². The van der Waals surface area contributed by atoms with Crippen LogP contribution in [0.5, 0.6) is 0 Å². The number of hydrogen-bond donors (Lipinski definition) is 1. The van der Waals surface area contributed by atoms with Crippen LogP contribution in [0.15, 0.2) is 11.5 Å². The molecular formula is C3H7NaO3S. The third-order valence-corrected chi connectivity index (χ3v) is 0.924. The summed E-state index contributed by atoms with van der Waals surface area (Å²) in [5, 5.41) is 0.715. The van der Waals surface area contributed by atoms with E-state index >= 15 is 0 Å². The zero-order chi connectivity index (χ0) is 5.91. The van der Waals surface area contributed by atoms with Gasteiger partial charge in [0, 0.05) is 0 Å². The standard InChI is InChI=1S/C3H6O3S.Na.H/c1-2-3-7(4,5)6;;/h2-3H,1H3,(H,4,5,6);;/q;+1;-1. The van der Waals surface area contributed by atoms with Crippen molar-refractivity contribution in [2.45, 2.75) is 6.92 Å². The summed E-state index contributed by atoms with van der Waals surface area (Å²) in [6.07, 6.45) is 1.25. The molecule has 0 aliphatic heterocycles. The van der Waals surface area contributed by atoms with Gasteiger partial charge < -0.3 is 1.43 Å². The van der Waals surface area contributed by atoms with Gasteiger partial charge in [-0.3, -0.25) is 4.55 Å². The Balaban J connectivity index is -0.000000180. The van der Waals surface area contributed by atoms with Gasteiger partial charge in [0.15, 0.2) is 0 Å². The van der Waals surface area contributed by atoms with Gasteiger partial charge in [-0.15, -0.1) is 0 Å². The normalized spacial score (nSPS) is 11.2. The molecule has 0 aromatic carbocycles. The zero-order valence-electron chi connectivity index (χ0n) is 5.83. The molecule has 5 heteroatoms. The molecule has 0 aromatic rings. The van der Waals surface area contributed by atoms with Crippen molar-refractivity contribution in [2.75, 3.05) is 0 Å². The predicted octanol–water partition coefficient (Wildman–Crippen LogP) is -2.48. The zero-order valence-corrected chi connectivity index (χ0v) is 7.64. The second-order valence-corrected chi connectivity index (χ2v) is 2.29. The Morgan fingerprint density at radius 1 is 1.62 bits per heavy atom. The molecule has 0 rings (SSSR count). The van der Waals surface area contributed by atoms with Gasteiger partial charge >= 0.3 is 29.6 Å². The van der Waals surface area contributed by atoms with Crippen LogP contribution in [0.3, 0.4) is 0 Å². The summed E-state index contributed by atoms with van der Waals surface area (Å²) >= 11 is 0. The third kappa shape index (κ3) is 9.82. The van der Waals surface area contributed by atoms with Gasteiger partial charge in [-0.2, -0.15) is 8.42 Å². The Labute approximate surface area is 72.3 Å². The van der Waals surface area contributed by atoms with E-state index in [0.29, 0.717) is 5.41 Å². The summed E-state index contributed by atoms with van der Waals surface area (Å²) in [5.74, 6) is 0. The first-order chi connectivity index (χ1) is 3.06. The van der Waals surface area contributed by atoms with Crippen molar-refractivity contribution in [2.24, 2.45) is 0 Å². The predicted molar refractivity (Wildman–Crippen MR) is 27.5 cm³/mol. The number of allylic oxidation sites excluding steroid dienone is 1. The molecule has 0 unspecified atom stereocenters. The summed E-state index contributed by atoms with van der Waals surface area (Å²) < 4.78 is 27.3. The molecule has 0 amide bonds. The Morgan fingerprint density at radius 2 is 2.00 bits per heavy atom. The smallest absolute Gasteiger partial charge is 1.00 e. The van der Waals surface area contributed by atoms with E-state index in [4.69, 9.17) is 4.55 Å². The number of rotatable bonds is 1. The molecule has 3 nitrogen and oxygen atoms in total. The average Bonchev–Trinajstić information content (AvgIpc) is 1.30. The average molecular weight is 146 g/mol. The molecule has 0 atom stereocenters. The van der Waals surface area contributed by atoms with Crippen molar-refractivity contribution >= 4 is 10.1 Å². The van der Waals surface area contributed by atoms with Crippen LogP contribution in [0.2, 0.25) is 0 Å². The fraction of sp³-hybridized carbons (Fsp3) is 0.333. The molecular weight excluding hydrogens is 139 g/mol. The van der Waals surface area contributed by atoms with Crippen molar-refractivity contribution in [3.8, 4) is 0 Å². The van der Waals surface area contributed by atoms with E-state index in [1.54, 1.807) is 0 Å². The Bertz CT molecular complexity index is 162. The van der Waals surface area contributed by atoms with E-state index in [0.717, 1.165) is 0 Å². The van der Waals surface area contributed by atoms with E-state index in [2.05, 4.69) is 0 Å². The fourth-order valence-corrected chi connectivity index (χ4v) is 0.516. The van der Waals surface area contributed by atoms with Crippen LogP contribution in [0, 0.1) is 0 Å². The SMILES string of the molecule is CC=CS(=O)(=O)O.[H-].[Na+]. The van der Waals surface area contributed by atoms with E-state index < -0.39 is 10.1 Å². The number of hydrogen-bond acceptors (Lipinski definition) is 2. The van der Waals surface area contributed by atoms with Crippen molar-refractivity contribution in [1.82, 2.24) is 0 Å².